The molecule has 33 heavy (non-hydrogen) atoms. The van der Waals surface area contributed by atoms with E-state index in [4.69, 9.17) is 14.2 Å². The highest BCUT2D eigenvalue weighted by molar-refractivity contribution is 6.06. The number of rotatable bonds is 11. The number of hydrazone groups is 1. The Morgan fingerprint density at radius 2 is 1.61 bits per heavy atom. The number of amides is 2. The molecule has 0 aliphatic carbocycles. The van der Waals surface area contributed by atoms with Crippen molar-refractivity contribution < 1.29 is 28.6 Å². The second-order valence-electron chi connectivity index (χ2n) is 7.34. The molecule has 1 unspecified atom stereocenters. The van der Waals surface area contributed by atoms with Crippen LogP contribution in [0.5, 0.6) is 11.5 Å². The summed E-state index contributed by atoms with van der Waals surface area (Å²) in [6.07, 6.45) is 1.45. The number of carbonyl (C=O) groups is 3. The van der Waals surface area contributed by atoms with Crippen LogP contribution in [0.2, 0.25) is 0 Å². The predicted molar refractivity (Wildman–Crippen MR) is 124 cm³/mol. The summed E-state index contributed by atoms with van der Waals surface area (Å²) >= 11 is 0. The van der Waals surface area contributed by atoms with Gasteiger partial charge in [-0.05, 0) is 66.9 Å². The number of ether oxygens (including phenoxy) is 3. The van der Waals surface area contributed by atoms with Crippen molar-refractivity contribution in [2.75, 3.05) is 25.6 Å². The number of nitrogens with one attached hydrogen (secondary N) is 2. The van der Waals surface area contributed by atoms with Crippen LogP contribution < -0.4 is 20.2 Å². The number of carbonyl (C=O) groups excluding carboxylic acids is 3. The third-order valence-electron chi connectivity index (χ3n) is 4.52. The molecule has 0 fully saturated rings. The normalized spacial score (nSPS) is 11.7. The van der Waals surface area contributed by atoms with E-state index in [-0.39, 0.29) is 12.5 Å². The smallest absolute Gasteiger partial charge is 0.344 e. The Morgan fingerprint density at radius 1 is 0.970 bits per heavy atom. The van der Waals surface area contributed by atoms with E-state index in [1.807, 2.05) is 0 Å². The van der Waals surface area contributed by atoms with Crippen LogP contribution in [0.25, 0.3) is 0 Å². The highest BCUT2D eigenvalue weighted by atomic mass is 16.6. The van der Waals surface area contributed by atoms with E-state index in [9.17, 15) is 14.4 Å². The van der Waals surface area contributed by atoms with Crippen molar-refractivity contribution in [2.24, 2.45) is 16.9 Å². The Bertz CT molecular complexity index is 955. The summed E-state index contributed by atoms with van der Waals surface area (Å²) in [5.74, 6) is -1.38. The van der Waals surface area contributed by atoms with Crippen molar-refractivity contribution in [1.29, 1.82) is 0 Å². The average molecular weight is 456 g/mol. The van der Waals surface area contributed by atoms with Crippen LogP contribution in [0.1, 0.15) is 26.3 Å². The number of esters is 1. The predicted octanol–water partition coefficient (Wildman–Crippen LogP) is 3.00. The first kappa shape index (κ1) is 25.4. The van der Waals surface area contributed by atoms with Gasteiger partial charge < -0.3 is 19.5 Å². The molecule has 2 amide bonds. The maximum atomic E-state index is 12.7. The van der Waals surface area contributed by atoms with Gasteiger partial charge in [0.25, 0.3) is 5.91 Å². The molecule has 0 aliphatic heterocycles. The summed E-state index contributed by atoms with van der Waals surface area (Å²) in [7, 11) is 1.56. The van der Waals surface area contributed by atoms with Gasteiger partial charge in [-0.3, -0.25) is 9.59 Å². The fraction of sp³-hybridized carbons (Fsp3) is 0.333. The molecule has 0 bridgehead atoms. The van der Waals surface area contributed by atoms with Gasteiger partial charge >= 0.3 is 5.97 Å². The minimum absolute atomic E-state index is 0.174. The maximum absolute atomic E-state index is 12.7. The van der Waals surface area contributed by atoms with E-state index >= 15 is 0 Å². The van der Waals surface area contributed by atoms with Gasteiger partial charge in [0.15, 0.2) is 6.61 Å². The molecule has 0 aromatic heterocycles. The Hall–Kier alpha value is -3.88. The number of methoxy groups -OCH3 is 1. The Kier molecular flexibility index (Phi) is 9.88. The number of hydrogen-bond donors (Lipinski definition) is 2. The third-order valence-corrected chi connectivity index (χ3v) is 4.52. The molecule has 2 aromatic rings. The molecule has 2 rings (SSSR count). The van der Waals surface area contributed by atoms with Gasteiger partial charge in [0, 0.05) is 5.69 Å². The summed E-state index contributed by atoms with van der Waals surface area (Å²) in [5.41, 5.74) is 3.68. The molecule has 2 N–H and O–H groups in total. The molecule has 1 atom stereocenters. The summed E-state index contributed by atoms with van der Waals surface area (Å²) in [4.78, 5) is 36.6. The number of benzene rings is 2. The van der Waals surface area contributed by atoms with Gasteiger partial charge in [0.05, 0.1) is 19.9 Å². The van der Waals surface area contributed by atoms with Gasteiger partial charge in [-0.2, -0.15) is 5.10 Å². The third kappa shape index (κ3) is 8.29. The molecule has 0 saturated heterocycles. The minimum atomic E-state index is -0.928. The standard InChI is InChI=1S/C24H29N3O6/c1-5-32-21(28)15-33-20-10-6-17(7-11-20)14-25-27-24(30)22(16(2)3)23(29)26-18-8-12-19(31-4)13-9-18/h6-14,16,22H,5,15H2,1-4H3,(H,26,29)(H,27,30). The zero-order chi connectivity index (χ0) is 24.2. The topological polar surface area (TPSA) is 115 Å². The van der Waals surface area contributed by atoms with E-state index in [0.29, 0.717) is 29.4 Å². The molecule has 2 aromatic carbocycles. The van der Waals surface area contributed by atoms with E-state index in [2.05, 4.69) is 15.8 Å². The highest BCUT2D eigenvalue weighted by Crippen LogP contribution is 2.18. The summed E-state index contributed by atoms with van der Waals surface area (Å²) in [5, 5.41) is 6.69. The van der Waals surface area contributed by atoms with E-state index in [0.717, 1.165) is 0 Å². The Labute approximate surface area is 193 Å². The van der Waals surface area contributed by atoms with Crippen molar-refractivity contribution in [3.8, 4) is 11.5 Å². The molecule has 9 heteroatoms. The number of hydrogen-bond acceptors (Lipinski definition) is 7. The van der Waals surface area contributed by atoms with Gasteiger partial charge in [-0.1, -0.05) is 13.8 Å². The van der Waals surface area contributed by atoms with Crippen LogP contribution in [0.3, 0.4) is 0 Å². The van der Waals surface area contributed by atoms with Crippen molar-refractivity contribution in [3.63, 3.8) is 0 Å². The Balaban J connectivity index is 1.91. The molecule has 0 aliphatic rings. The van der Waals surface area contributed by atoms with Crippen LogP contribution in [0, 0.1) is 11.8 Å². The monoisotopic (exact) mass is 455 g/mol. The first-order chi connectivity index (χ1) is 15.8. The molecule has 0 saturated carbocycles. The van der Waals surface area contributed by atoms with Crippen molar-refractivity contribution in [2.45, 2.75) is 20.8 Å². The SMILES string of the molecule is CCOC(=O)COc1ccc(C=NNC(=O)C(C(=O)Nc2ccc(OC)cc2)C(C)C)cc1. The summed E-state index contributed by atoms with van der Waals surface area (Å²) < 4.78 is 15.2. The van der Waals surface area contributed by atoms with E-state index in [1.54, 1.807) is 76.4 Å². The fourth-order valence-electron chi connectivity index (χ4n) is 2.85. The average Bonchev–Trinajstić information content (AvgIpc) is 2.79. The molecule has 176 valence electrons. The van der Waals surface area contributed by atoms with Gasteiger partial charge in [-0.25, -0.2) is 10.2 Å². The zero-order valence-electron chi connectivity index (χ0n) is 19.2. The quantitative estimate of drug-likeness (QED) is 0.233. The van der Waals surface area contributed by atoms with Crippen LogP contribution in [0.4, 0.5) is 5.69 Å². The molecular formula is C24H29N3O6. The van der Waals surface area contributed by atoms with Gasteiger partial charge in [0.2, 0.25) is 5.91 Å². The summed E-state index contributed by atoms with van der Waals surface area (Å²) in [6, 6.07) is 13.6. The van der Waals surface area contributed by atoms with E-state index < -0.39 is 23.7 Å². The largest absolute Gasteiger partial charge is 0.497 e. The molecule has 9 nitrogen and oxygen atoms in total. The van der Waals surface area contributed by atoms with Crippen molar-refractivity contribution in [1.82, 2.24) is 5.43 Å². The first-order valence-corrected chi connectivity index (χ1v) is 10.5. The van der Waals surface area contributed by atoms with Crippen LogP contribution in [0.15, 0.2) is 53.6 Å². The number of nitrogens with zero attached hydrogens (tertiary/aromatic N) is 1. The molecule has 0 spiro atoms. The van der Waals surface area contributed by atoms with Crippen molar-refractivity contribution in [3.05, 3.63) is 54.1 Å². The second-order valence-corrected chi connectivity index (χ2v) is 7.34. The lowest BCUT2D eigenvalue weighted by Gasteiger charge is -2.18. The second kappa shape index (κ2) is 12.8. The zero-order valence-corrected chi connectivity index (χ0v) is 19.2. The minimum Gasteiger partial charge on any atom is -0.497 e. The lowest BCUT2D eigenvalue weighted by Crippen LogP contribution is -2.39. The van der Waals surface area contributed by atoms with Crippen LogP contribution in [-0.2, 0) is 19.1 Å². The molecular weight excluding hydrogens is 426 g/mol. The first-order valence-electron chi connectivity index (χ1n) is 10.5. The number of anilines is 1. The lowest BCUT2D eigenvalue weighted by atomic mass is 9.94. The van der Waals surface area contributed by atoms with Crippen LogP contribution in [-0.4, -0.2) is 44.3 Å². The van der Waals surface area contributed by atoms with Gasteiger partial charge in [0.1, 0.15) is 17.4 Å². The maximum Gasteiger partial charge on any atom is 0.344 e. The highest BCUT2D eigenvalue weighted by Gasteiger charge is 2.29. The summed E-state index contributed by atoms with van der Waals surface area (Å²) in [6.45, 7) is 5.42. The van der Waals surface area contributed by atoms with Crippen LogP contribution >= 0.6 is 0 Å². The molecule has 0 radical (unpaired) electrons. The fourth-order valence-corrected chi connectivity index (χ4v) is 2.85. The Morgan fingerprint density at radius 3 is 2.18 bits per heavy atom. The lowest BCUT2D eigenvalue weighted by molar-refractivity contribution is -0.145. The molecule has 0 heterocycles. The van der Waals surface area contributed by atoms with Crippen molar-refractivity contribution >= 4 is 29.7 Å². The van der Waals surface area contributed by atoms with Gasteiger partial charge in [-0.15, -0.1) is 0 Å². The van der Waals surface area contributed by atoms with E-state index in [1.165, 1.54) is 6.21 Å².